The lowest BCUT2D eigenvalue weighted by atomic mass is 10.3. The number of halogens is 1. The highest BCUT2D eigenvalue weighted by Gasteiger charge is 2.13. The topological polar surface area (TPSA) is 103 Å². The van der Waals surface area contributed by atoms with Gasteiger partial charge < -0.3 is 15.8 Å². The molecule has 0 amide bonds. The highest BCUT2D eigenvalue weighted by atomic mass is 35.5. The van der Waals surface area contributed by atoms with Crippen molar-refractivity contribution >= 4 is 34.6 Å². The summed E-state index contributed by atoms with van der Waals surface area (Å²) < 4.78 is 5.09. The van der Waals surface area contributed by atoms with Gasteiger partial charge in [0.05, 0.1) is 22.7 Å². The van der Waals surface area contributed by atoms with Crippen LogP contribution in [0.5, 0.6) is 5.75 Å². The summed E-state index contributed by atoms with van der Waals surface area (Å²) in [5, 5.41) is 14.0. The molecule has 2 aromatic rings. The molecule has 0 saturated heterocycles. The largest absolute Gasteiger partial charge is 0.497 e. The summed E-state index contributed by atoms with van der Waals surface area (Å²) in [6, 6.07) is 7.78. The van der Waals surface area contributed by atoms with Gasteiger partial charge in [-0.3, -0.25) is 10.1 Å². The number of ether oxygens (including phenoxy) is 1. The molecule has 3 N–H and O–H groups in total. The molecule has 20 heavy (non-hydrogen) atoms. The zero-order valence-corrected chi connectivity index (χ0v) is 11.2. The molecule has 8 heteroatoms. The Bertz CT molecular complexity index is 663. The van der Waals surface area contributed by atoms with Gasteiger partial charge in [-0.25, -0.2) is 4.98 Å². The van der Waals surface area contributed by atoms with Crippen molar-refractivity contribution in [1.29, 1.82) is 0 Å². The summed E-state index contributed by atoms with van der Waals surface area (Å²) in [4.78, 5) is 14.0. The minimum absolute atomic E-state index is 0.168. The average Bonchev–Trinajstić information content (AvgIpc) is 2.41. The van der Waals surface area contributed by atoms with Crippen LogP contribution in [0.1, 0.15) is 0 Å². The molecule has 0 aliphatic heterocycles. The van der Waals surface area contributed by atoms with Crippen LogP contribution in [0.2, 0.25) is 5.02 Å². The summed E-state index contributed by atoms with van der Waals surface area (Å²) in [5.74, 6) is 0.800. The quantitative estimate of drug-likeness (QED) is 0.663. The molecule has 0 fully saturated rings. The molecule has 1 heterocycles. The molecule has 1 aromatic carbocycles. The number of nitrogen functional groups attached to an aromatic ring is 1. The molecule has 0 bridgehead atoms. The van der Waals surface area contributed by atoms with Gasteiger partial charge in [0.1, 0.15) is 11.6 Å². The molecule has 0 unspecified atom stereocenters. The van der Waals surface area contributed by atoms with Crippen molar-refractivity contribution in [1.82, 2.24) is 4.98 Å². The fourth-order valence-electron chi connectivity index (χ4n) is 1.56. The van der Waals surface area contributed by atoms with E-state index in [9.17, 15) is 10.1 Å². The SMILES string of the molecule is COc1ccc(Cl)c(Nc2ccc([N+](=O)[O-])c(N)n2)c1. The number of rotatable bonds is 4. The first kappa shape index (κ1) is 13.9. The van der Waals surface area contributed by atoms with Crippen LogP contribution < -0.4 is 15.8 Å². The number of anilines is 3. The number of benzene rings is 1. The van der Waals surface area contributed by atoms with Crippen LogP contribution in [0.3, 0.4) is 0 Å². The lowest BCUT2D eigenvalue weighted by Gasteiger charge is -2.09. The first-order chi connectivity index (χ1) is 9.51. The number of nitro groups is 1. The molecular formula is C12H11ClN4O3. The maximum Gasteiger partial charge on any atom is 0.311 e. The molecule has 0 aliphatic rings. The second-order valence-electron chi connectivity index (χ2n) is 3.83. The van der Waals surface area contributed by atoms with E-state index >= 15 is 0 Å². The molecule has 2 rings (SSSR count). The number of methoxy groups -OCH3 is 1. The minimum atomic E-state index is -0.593. The summed E-state index contributed by atoms with van der Waals surface area (Å²) in [7, 11) is 1.54. The fraction of sp³-hybridized carbons (Fsp3) is 0.0833. The average molecular weight is 295 g/mol. The predicted octanol–water partition coefficient (Wildman–Crippen LogP) is 2.98. The number of nitrogens with zero attached hydrogens (tertiary/aromatic N) is 2. The Kier molecular flexibility index (Phi) is 3.90. The number of hydrogen-bond donors (Lipinski definition) is 2. The van der Waals surface area contributed by atoms with Gasteiger partial charge in [0, 0.05) is 12.1 Å². The number of aromatic nitrogens is 1. The van der Waals surface area contributed by atoms with E-state index in [1.54, 1.807) is 18.2 Å². The molecule has 0 radical (unpaired) electrons. The predicted molar refractivity (Wildman–Crippen MR) is 76.6 cm³/mol. The number of nitrogens with one attached hydrogen (secondary N) is 1. The second-order valence-corrected chi connectivity index (χ2v) is 4.24. The van der Waals surface area contributed by atoms with Gasteiger partial charge in [-0.15, -0.1) is 0 Å². The summed E-state index contributed by atoms with van der Waals surface area (Å²) in [6.07, 6.45) is 0. The van der Waals surface area contributed by atoms with Crippen molar-refractivity contribution < 1.29 is 9.66 Å². The van der Waals surface area contributed by atoms with E-state index in [-0.39, 0.29) is 11.5 Å². The van der Waals surface area contributed by atoms with Crippen molar-refractivity contribution in [3.63, 3.8) is 0 Å². The molecule has 0 aliphatic carbocycles. The van der Waals surface area contributed by atoms with Gasteiger partial charge in [-0.2, -0.15) is 0 Å². The molecule has 0 saturated carbocycles. The minimum Gasteiger partial charge on any atom is -0.497 e. The summed E-state index contributed by atoms with van der Waals surface area (Å²) in [6.45, 7) is 0. The van der Waals surface area contributed by atoms with E-state index in [1.165, 1.54) is 19.2 Å². The Morgan fingerprint density at radius 3 is 2.75 bits per heavy atom. The Labute approximate surface area is 119 Å². The van der Waals surface area contributed by atoms with E-state index in [0.29, 0.717) is 22.3 Å². The van der Waals surface area contributed by atoms with Crippen LogP contribution in [0, 0.1) is 10.1 Å². The van der Waals surface area contributed by atoms with Gasteiger partial charge in [0.2, 0.25) is 5.82 Å². The van der Waals surface area contributed by atoms with Crippen LogP contribution in [-0.4, -0.2) is 17.0 Å². The number of hydrogen-bond acceptors (Lipinski definition) is 6. The van der Waals surface area contributed by atoms with E-state index < -0.39 is 4.92 Å². The van der Waals surface area contributed by atoms with Gasteiger partial charge >= 0.3 is 5.69 Å². The normalized spacial score (nSPS) is 10.1. The van der Waals surface area contributed by atoms with E-state index in [1.807, 2.05) is 0 Å². The zero-order valence-electron chi connectivity index (χ0n) is 10.5. The molecule has 104 valence electrons. The van der Waals surface area contributed by atoms with E-state index in [4.69, 9.17) is 22.1 Å². The standard InChI is InChI=1S/C12H11ClN4O3/c1-20-7-2-3-8(13)9(6-7)15-11-5-4-10(17(18)19)12(14)16-11/h2-6H,1H3,(H3,14,15,16). The maximum atomic E-state index is 10.7. The Hall–Kier alpha value is -2.54. The highest BCUT2D eigenvalue weighted by molar-refractivity contribution is 6.33. The maximum absolute atomic E-state index is 10.7. The third-order valence-corrected chi connectivity index (χ3v) is 2.86. The van der Waals surface area contributed by atoms with Gasteiger partial charge in [-0.05, 0) is 18.2 Å². The van der Waals surface area contributed by atoms with Crippen molar-refractivity contribution in [2.45, 2.75) is 0 Å². The lowest BCUT2D eigenvalue weighted by Crippen LogP contribution is -2.01. The molecule has 0 spiro atoms. The van der Waals surface area contributed by atoms with Crippen molar-refractivity contribution in [2.75, 3.05) is 18.2 Å². The Morgan fingerprint density at radius 1 is 1.40 bits per heavy atom. The lowest BCUT2D eigenvalue weighted by molar-refractivity contribution is -0.384. The van der Waals surface area contributed by atoms with Crippen LogP contribution in [0.25, 0.3) is 0 Å². The first-order valence-corrected chi connectivity index (χ1v) is 5.90. The van der Waals surface area contributed by atoms with Crippen LogP contribution in [0.15, 0.2) is 30.3 Å². The Balaban J connectivity index is 2.30. The molecule has 1 aromatic heterocycles. The molecule has 7 nitrogen and oxygen atoms in total. The van der Waals surface area contributed by atoms with Crippen molar-refractivity contribution in [3.8, 4) is 5.75 Å². The second kappa shape index (κ2) is 5.62. The highest BCUT2D eigenvalue weighted by Crippen LogP contribution is 2.30. The summed E-state index contributed by atoms with van der Waals surface area (Å²) >= 11 is 6.04. The number of pyridine rings is 1. The molecular weight excluding hydrogens is 284 g/mol. The van der Waals surface area contributed by atoms with E-state index in [0.717, 1.165) is 0 Å². The smallest absolute Gasteiger partial charge is 0.311 e. The first-order valence-electron chi connectivity index (χ1n) is 5.52. The Morgan fingerprint density at radius 2 is 2.15 bits per heavy atom. The summed E-state index contributed by atoms with van der Waals surface area (Å²) in [5.41, 5.74) is 5.84. The van der Waals surface area contributed by atoms with Crippen molar-refractivity contribution in [2.24, 2.45) is 0 Å². The van der Waals surface area contributed by atoms with Crippen molar-refractivity contribution in [3.05, 3.63) is 45.5 Å². The zero-order chi connectivity index (χ0) is 14.7. The van der Waals surface area contributed by atoms with Crippen LogP contribution >= 0.6 is 11.6 Å². The van der Waals surface area contributed by atoms with Crippen LogP contribution in [-0.2, 0) is 0 Å². The number of nitrogens with two attached hydrogens (primary N) is 1. The fourth-order valence-corrected chi connectivity index (χ4v) is 1.72. The van der Waals surface area contributed by atoms with Gasteiger partial charge in [0.15, 0.2) is 0 Å². The van der Waals surface area contributed by atoms with Gasteiger partial charge in [0.25, 0.3) is 0 Å². The molecule has 0 atom stereocenters. The third kappa shape index (κ3) is 2.89. The van der Waals surface area contributed by atoms with E-state index in [2.05, 4.69) is 10.3 Å². The van der Waals surface area contributed by atoms with Gasteiger partial charge in [-0.1, -0.05) is 11.6 Å². The third-order valence-electron chi connectivity index (χ3n) is 2.54. The van der Waals surface area contributed by atoms with Crippen LogP contribution in [0.4, 0.5) is 23.0 Å². The monoisotopic (exact) mass is 294 g/mol.